The molecule has 23 heavy (non-hydrogen) atoms. The zero-order valence-corrected chi connectivity index (χ0v) is 14.0. The average molecular weight is 316 g/mol. The predicted molar refractivity (Wildman–Crippen MR) is 88.3 cm³/mol. The van der Waals surface area contributed by atoms with E-state index >= 15 is 0 Å². The Morgan fingerprint density at radius 3 is 2.26 bits per heavy atom. The first-order valence-corrected chi connectivity index (χ1v) is 8.17. The predicted octanol–water partition coefficient (Wildman–Crippen LogP) is 3.19. The fraction of sp³-hybridized carbons (Fsp3) is 0.556. The first-order valence-electron chi connectivity index (χ1n) is 8.17. The Kier molecular flexibility index (Phi) is 3.82. The van der Waals surface area contributed by atoms with Crippen LogP contribution in [0.5, 0.6) is 0 Å². The van der Waals surface area contributed by atoms with Gasteiger partial charge in [0.15, 0.2) is 0 Å². The third kappa shape index (κ3) is 3.05. The maximum atomic E-state index is 12.2. The van der Waals surface area contributed by atoms with E-state index in [1.807, 2.05) is 56.0 Å². The first kappa shape index (κ1) is 15.8. The van der Waals surface area contributed by atoms with Crippen molar-refractivity contribution in [1.29, 1.82) is 0 Å². The first-order chi connectivity index (χ1) is 10.8. The van der Waals surface area contributed by atoms with Crippen molar-refractivity contribution in [2.75, 3.05) is 18.0 Å². The van der Waals surface area contributed by atoms with Crippen molar-refractivity contribution >= 4 is 17.7 Å². The number of ether oxygens (including phenoxy) is 1. The van der Waals surface area contributed by atoms with E-state index in [2.05, 4.69) is 0 Å². The molecule has 2 aliphatic heterocycles. The summed E-state index contributed by atoms with van der Waals surface area (Å²) in [6, 6.07) is 9.79. The van der Waals surface area contributed by atoms with Crippen molar-refractivity contribution in [1.82, 2.24) is 4.90 Å². The fourth-order valence-corrected chi connectivity index (χ4v) is 3.44. The molecule has 0 saturated carbocycles. The Balaban J connectivity index is 1.66. The lowest BCUT2D eigenvalue weighted by Gasteiger charge is -2.55. The van der Waals surface area contributed by atoms with Crippen molar-refractivity contribution in [3.63, 3.8) is 0 Å². The van der Waals surface area contributed by atoms with Gasteiger partial charge in [0.05, 0.1) is 12.0 Å². The van der Waals surface area contributed by atoms with Gasteiger partial charge in [0, 0.05) is 18.8 Å². The van der Waals surface area contributed by atoms with Crippen LogP contribution in [0.1, 0.15) is 40.0 Å². The quantitative estimate of drug-likeness (QED) is 0.748. The SMILES string of the molecule is CC(C)(C)OC(=O)N1CCC2(CC1)CC(=O)N2c1ccccc1. The number of rotatable bonds is 1. The second-order valence-electron chi connectivity index (χ2n) is 7.43. The Labute approximate surface area is 137 Å². The van der Waals surface area contributed by atoms with Gasteiger partial charge in [-0.1, -0.05) is 18.2 Å². The summed E-state index contributed by atoms with van der Waals surface area (Å²) in [5, 5.41) is 0. The topological polar surface area (TPSA) is 49.9 Å². The normalized spacial score (nSPS) is 20.4. The maximum Gasteiger partial charge on any atom is 0.410 e. The summed E-state index contributed by atoms with van der Waals surface area (Å²) >= 11 is 0. The van der Waals surface area contributed by atoms with Crippen molar-refractivity contribution in [2.45, 2.75) is 51.2 Å². The van der Waals surface area contributed by atoms with Gasteiger partial charge >= 0.3 is 6.09 Å². The van der Waals surface area contributed by atoms with E-state index in [0.29, 0.717) is 19.5 Å². The van der Waals surface area contributed by atoms with Crippen LogP contribution < -0.4 is 4.90 Å². The Bertz CT molecular complexity index is 598. The van der Waals surface area contributed by atoms with Crippen molar-refractivity contribution in [3.8, 4) is 0 Å². The molecule has 0 aromatic heterocycles. The molecule has 0 radical (unpaired) electrons. The second kappa shape index (κ2) is 5.55. The number of carbonyl (C=O) groups is 2. The molecule has 124 valence electrons. The maximum absolute atomic E-state index is 12.2. The molecule has 2 saturated heterocycles. The van der Waals surface area contributed by atoms with E-state index in [9.17, 15) is 9.59 Å². The number of likely N-dealkylation sites (tertiary alicyclic amines) is 1. The molecule has 2 fully saturated rings. The molecular formula is C18H24N2O3. The van der Waals surface area contributed by atoms with Gasteiger partial charge < -0.3 is 14.5 Å². The van der Waals surface area contributed by atoms with E-state index in [4.69, 9.17) is 4.74 Å². The highest BCUT2D eigenvalue weighted by atomic mass is 16.6. The van der Waals surface area contributed by atoms with Crippen molar-refractivity contribution in [3.05, 3.63) is 30.3 Å². The molecule has 2 heterocycles. The molecule has 5 heteroatoms. The lowest BCUT2D eigenvalue weighted by molar-refractivity contribution is -0.129. The number of carbonyl (C=O) groups excluding carboxylic acids is 2. The molecule has 1 aromatic rings. The van der Waals surface area contributed by atoms with Crippen molar-refractivity contribution in [2.24, 2.45) is 0 Å². The summed E-state index contributed by atoms with van der Waals surface area (Å²) in [5.74, 6) is 0.168. The molecule has 3 rings (SSSR count). The minimum atomic E-state index is -0.477. The Morgan fingerprint density at radius 2 is 1.74 bits per heavy atom. The van der Waals surface area contributed by atoms with E-state index in [-0.39, 0.29) is 17.5 Å². The van der Waals surface area contributed by atoms with Gasteiger partial charge in [0.25, 0.3) is 0 Å². The van der Waals surface area contributed by atoms with Crippen LogP contribution in [0, 0.1) is 0 Å². The zero-order valence-electron chi connectivity index (χ0n) is 14.0. The monoisotopic (exact) mass is 316 g/mol. The van der Waals surface area contributed by atoms with E-state index < -0.39 is 5.60 Å². The van der Waals surface area contributed by atoms with Crippen LogP contribution in [0.4, 0.5) is 10.5 Å². The zero-order chi connectivity index (χ0) is 16.7. The third-order valence-corrected chi connectivity index (χ3v) is 4.56. The number of benzene rings is 1. The van der Waals surface area contributed by atoms with Crippen LogP contribution in [0.3, 0.4) is 0 Å². The van der Waals surface area contributed by atoms with Gasteiger partial charge in [-0.05, 0) is 45.7 Å². The summed E-state index contributed by atoms with van der Waals surface area (Å²) < 4.78 is 5.44. The standard InChI is InChI=1S/C18H24N2O3/c1-17(2,3)23-16(22)19-11-9-18(10-12-19)13-15(21)20(18)14-7-5-4-6-8-14/h4-8H,9-13H2,1-3H3. The number of piperidine rings is 1. The highest BCUT2D eigenvalue weighted by molar-refractivity contribution is 6.02. The summed E-state index contributed by atoms with van der Waals surface area (Å²) in [7, 11) is 0. The van der Waals surface area contributed by atoms with Crippen LogP contribution in [0.25, 0.3) is 0 Å². The van der Waals surface area contributed by atoms with E-state index in [1.54, 1.807) is 4.90 Å². The van der Waals surface area contributed by atoms with Crippen LogP contribution in [-0.4, -0.2) is 41.1 Å². The van der Waals surface area contributed by atoms with Crippen LogP contribution in [0.15, 0.2) is 30.3 Å². The third-order valence-electron chi connectivity index (χ3n) is 4.56. The highest BCUT2D eigenvalue weighted by Crippen LogP contribution is 2.44. The molecule has 1 aromatic carbocycles. The van der Waals surface area contributed by atoms with Crippen LogP contribution in [-0.2, 0) is 9.53 Å². The van der Waals surface area contributed by atoms with Gasteiger partial charge in [0.1, 0.15) is 5.60 Å². The van der Waals surface area contributed by atoms with Gasteiger partial charge in [0.2, 0.25) is 5.91 Å². The molecule has 0 unspecified atom stereocenters. The van der Waals surface area contributed by atoms with Gasteiger partial charge in [-0.15, -0.1) is 0 Å². The number of hydrogen-bond acceptors (Lipinski definition) is 3. The number of hydrogen-bond donors (Lipinski definition) is 0. The minimum absolute atomic E-state index is 0.128. The number of anilines is 1. The molecule has 0 N–H and O–H groups in total. The number of para-hydroxylation sites is 1. The number of amides is 2. The summed E-state index contributed by atoms with van der Waals surface area (Å²) in [4.78, 5) is 28.0. The number of β-lactam (4-membered cyclic amide) rings is 1. The minimum Gasteiger partial charge on any atom is -0.444 e. The van der Waals surface area contributed by atoms with Crippen molar-refractivity contribution < 1.29 is 14.3 Å². The molecule has 1 spiro atoms. The van der Waals surface area contributed by atoms with Gasteiger partial charge in [-0.25, -0.2) is 4.79 Å². The van der Waals surface area contributed by atoms with Crippen LogP contribution in [0.2, 0.25) is 0 Å². The number of nitrogens with zero attached hydrogens (tertiary/aromatic N) is 2. The Hall–Kier alpha value is -2.04. The van der Waals surface area contributed by atoms with E-state index in [0.717, 1.165) is 18.5 Å². The van der Waals surface area contributed by atoms with Gasteiger partial charge in [-0.2, -0.15) is 0 Å². The molecule has 0 aliphatic carbocycles. The molecule has 0 bridgehead atoms. The highest BCUT2D eigenvalue weighted by Gasteiger charge is 2.53. The fourth-order valence-electron chi connectivity index (χ4n) is 3.44. The molecule has 2 aliphatic rings. The van der Waals surface area contributed by atoms with Gasteiger partial charge in [-0.3, -0.25) is 4.79 Å². The molecule has 0 atom stereocenters. The largest absolute Gasteiger partial charge is 0.444 e. The smallest absolute Gasteiger partial charge is 0.410 e. The van der Waals surface area contributed by atoms with E-state index in [1.165, 1.54) is 0 Å². The van der Waals surface area contributed by atoms with Crippen LogP contribution >= 0.6 is 0 Å². The molecule has 2 amide bonds. The molecule has 5 nitrogen and oxygen atoms in total. The summed E-state index contributed by atoms with van der Waals surface area (Å²) in [5.41, 5.74) is 0.348. The second-order valence-corrected chi connectivity index (χ2v) is 7.43. The molecular weight excluding hydrogens is 292 g/mol. The summed E-state index contributed by atoms with van der Waals surface area (Å²) in [6.45, 7) is 6.88. The lowest BCUT2D eigenvalue weighted by Crippen LogP contribution is -2.68. The Morgan fingerprint density at radius 1 is 1.13 bits per heavy atom. The summed E-state index contributed by atoms with van der Waals surface area (Å²) in [6.07, 6.45) is 1.91. The lowest BCUT2D eigenvalue weighted by atomic mass is 9.75. The average Bonchev–Trinajstić information content (AvgIpc) is 2.46.